The molecule has 24 heavy (non-hydrogen) atoms. The van der Waals surface area contributed by atoms with E-state index in [0.717, 1.165) is 11.1 Å². The minimum Gasteiger partial charge on any atom is -0.349 e. The summed E-state index contributed by atoms with van der Waals surface area (Å²) in [4.78, 5) is 27.8. The third-order valence-corrected chi connectivity index (χ3v) is 3.85. The number of nitrogens with one attached hydrogen (secondary N) is 2. The van der Waals surface area contributed by atoms with E-state index in [-0.39, 0.29) is 24.3 Å². The first-order valence-electron chi connectivity index (χ1n) is 7.67. The first kappa shape index (κ1) is 17.9. The van der Waals surface area contributed by atoms with Gasteiger partial charge in [-0.2, -0.15) is 0 Å². The number of hydrogen-bond donors (Lipinski definition) is 2. The molecule has 1 heterocycles. The van der Waals surface area contributed by atoms with Gasteiger partial charge in [-0.1, -0.05) is 29.8 Å². The molecule has 0 aliphatic rings. The second-order valence-corrected chi connectivity index (χ2v) is 6.02. The minimum absolute atomic E-state index is 0.145. The van der Waals surface area contributed by atoms with Crippen molar-refractivity contribution >= 4 is 23.4 Å². The number of halogens is 1. The van der Waals surface area contributed by atoms with Crippen LogP contribution in [0.5, 0.6) is 0 Å². The van der Waals surface area contributed by atoms with Gasteiger partial charge in [-0.25, -0.2) is 0 Å². The van der Waals surface area contributed by atoms with Crippen molar-refractivity contribution in [3.63, 3.8) is 0 Å². The van der Waals surface area contributed by atoms with E-state index in [2.05, 4.69) is 15.6 Å². The predicted octanol–water partition coefficient (Wildman–Crippen LogP) is 3.18. The Morgan fingerprint density at radius 2 is 1.83 bits per heavy atom. The maximum absolute atomic E-state index is 12.4. The number of aromatic nitrogens is 1. The first-order valence-corrected chi connectivity index (χ1v) is 8.05. The summed E-state index contributed by atoms with van der Waals surface area (Å²) in [7, 11) is 0. The van der Waals surface area contributed by atoms with Crippen LogP contribution in [0.3, 0.4) is 0 Å². The molecule has 6 heteroatoms. The third-order valence-electron chi connectivity index (χ3n) is 3.60. The summed E-state index contributed by atoms with van der Waals surface area (Å²) >= 11 is 5.89. The van der Waals surface area contributed by atoms with Crippen molar-refractivity contribution in [3.8, 4) is 0 Å². The highest BCUT2D eigenvalue weighted by Gasteiger charge is 2.18. The highest BCUT2D eigenvalue weighted by molar-refractivity contribution is 6.30. The van der Waals surface area contributed by atoms with Crippen LogP contribution in [0, 0.1) is 0 Å². The number of carbonyl (C=O) groups excluding carboxylic acids is 2. The van der Waals surface area contributed by atoms with E-state index in [1.165, 1.54) is 6.92 Å². The number of pyridine rings is 1. The lowest BCUT2D eigenvalue weighted by atomic mass is 10.0. The molecule has 0 saturated carbocycles. The van der Waals surface area contributed by atoms with Crippen molar-refractivity contribution in [2.45, 2.75) is 32.4 Å². The molecule has 0 saturated heterocycles. The van der Waals surface area contributed by atoms with Crippen LogP contribution in [0.4, 0.5) is 0 Å². The number of carbonyl (C=O) groups is 2. The van der Waals surface area contributed by atoms with Gasteiger partial charge in [0.05, 0.1) is 18.5 Å². The zero-order valence-electron chi connectivity index (χ0n) is 13.6. The fourth-order valence-electron chi connectivity index (χ4n) is 2.39. The quantitative estimate of drug-likeness (QED) is 0.844. The molecule has 0 unspecified atom stereocenters. The largest absolute Gasteiger partial charge is 0.349 e. The van der Waals surface area contributed by atoms with Crippen molar-refractivity contribution in [2.75, 3.05) is 0 Å². The second kappa shape index (κ2) is 8.45. The molecular formula is C18H20ClN3O2. The van der Waals surface area contributed by atoms with Gasteiger partial charge in [0.25, 0.3) is 0 Å². The third kappa shape index (κ3) is 5.35. The van der Waals surface area contributed by atoms with Gasteiger partial charge in [0.15, 0.2) is 0 Å². The molecule has 1 aromatic heterocycles. The summed E-state index contributed by atoms with van der Waals surface area (Å²) in [5, 5.41) is 6.34. The summed E-state index contributed by atoms with van der Waals surface area (Å²) in [5.74, 6) is -0.344. The Bertz CT molecular complexity index is 689. The molecule has 0 aliphatic carbocycles. The Labute approximate surface area is 146 Å². The zero-order valence-corrected chi connectivity index (χ0v) is 14.4. The molecule has 0 radical (unpaired) electrons. The Morgan fingerprint density at radius 1 is 1.12 bits per heavy atom. The number of amides is 2. The van der Waals surface area contributed by atoms with Gasteiger partial charge >= 0.3 is 0 Å². The van der Waals surface area contributed by atoms with E-state index in [1.807, 2.05) is 19.1 Å². The molecule has 0 fully saturated rings. The van der Waals surface area contributed by atoms with Gasteiger partial charge in [-0.15, -0.1) is 0 Å². The van der Waals surface area contributed by atoms with Crippen LogP contribution in [0.15, 0.2) is 48.8 Å². The first-order chi connectivity index (χ1) is 11.5. The molecule has 2 rings (SSSR count). The van der Waals surface area contributed by atoms with E-state index in [4.69, 9.17) is 11.6 Å². The molecular weight excluding hydrogens is 326 g/mol. The number of hydrogen-bond acceptors (Lipinski definition) is 3. The monoisotopic (exact) mass is 345 g/mol. The van der Waals surface area contributed by atoms with E-state index in [1.54, 1.807) is 36.7 Å². The molecule has 0 bridgehead atoms. The van der Waals surface area contributed by atoms with Crippen LogP contribution < -0.4 is 10.6 Å². The Kier molecular flexibility index (Phi) is 6.32. The molecule has 1 aromatic carbocycles. The average molecular weight is 346 g/mol. The smallest absolute Gasteiger partial charge is 0.222 e. The highest BCUT2D eigenvalue weighted by atomic mass is 35.5. The number of rotatable bonds is 6. The van der Waals surface area contributed by atoms with E-state index < -0.39 is 6.04 Å². The van der Waals surface area contributed by atoms with E-state index in [9.17, 15) is 9.59 Å². The van der Waals surface area contributed by atoms with Crippen molar-refractivity contribution in [1.29, 1.82) is 0 Å². The predicted molar refractivity (Wildman–Crippen MR) is 93.4 cm³/mol. The standard InChI is InChI=1S/C18H20ClN3O2/c1-12(15-4-3-9-20-11-15)21-18(24)10-17(22-13(2)23)14-5-7-16(19)8-6-14/h3-9,11-12,17H,10H2,1-2H3,(H,21,24)(H,22,23)/t12-,17+/m0/s1. The maximum atomic E-state index is 12.4. The van der Waals surface area contributed by atoms with Crippen molar-refractivity contribution in [2.24, 2.45) is 0 Å². The summed E-state index contributed by atoms with van der Waals surface area (Å²) < 4.78 is 0. The van der Waals surface area contributed by atoms with Crippen molar-refractivity contribution < 1.29 is 9.59 Å². The fourth-order valence-corrected chi connectivity index (χ4v) is 2.52. The van der Waals surface area contributed by atoms with Gasteiger partial charge in [0.1, 0.15) is 0 Å². The van der Waals surface area contributed by atoms with Crippen molar-refractivity contribution in [1.82, 2.24) is 15.6 Å². The topological polar surface area (TPSA) is 71.1 Å². The molecule has 126 valence electrons. The van der Waals surface area contributed by atoms with Gasteiger partial charge in [0, 0.05) is 24.3 Å². The lowest BCUT2D eigenvalue weighted by Gasteiger charge is -2.20. The van der Waals surface area contributed by atoms with Crippen LogP contribution in [-0.2, 0) is 9.59 Å². The number of nitrogens with zero attached hydrogens (tertiary/aromatic N) is 1. The Hall–Kier alpha value is -2.40. The van der Waals surface area contributed by atoms with Crippen LogP contribution in [0.1, 0.15) is 43.5 Å². The molecule has 2 amide bonds. The van der Waals surface area contributed by atoms with Crippen molar-refractivity contribution in [3.05, 3.63) is 64.9 Å². The summed E-state index contributed by atoms with van der Waals surface area (Å²) in [5.41, 5.74) is 1.76. The molecule has 5 nitrogen and oxygen atoms in total. The lowest BCUT2D eigenvalue weighted by Crippen LogP contribution is -2.33. The maximum Gasteiger partial charge on any atom is 0.222 e. The van der Waals surface area contributed by atoms with Crippen LogP contribution in [0.2, 0.25) is 5.02 Å². The molecule has 0 aliphatic heterocycles. The van der Waals surface area contributed by atoms with Crippen LogP contribution in [-0.4, -0.2) is 16.8 Å². The second-order valence-electron chi connectivity index (χ2n) is 5.58. The average Bonchev–Trinajstić information content (AvgIpc) is 2.55. The summed E-state index contributed by atoms with van der Waals surface area (Å²) in [6.45, 7) is 3.32. The molecule has 2 N–H and O–H groups in total. The van der Waals surface area contributed by atoms with E-state index in [0.29, 0.717) is 5.02 Å². The van der Waals surface area contributed by atoms with Gasteiger partial charge in [0.2, 0.25) is 11.8 Å². The van der Waals surface area contributed by atoms with Gasteiger partial charge in [-0.05, 0) is 36.2 Å². The van der Waals surface area contributed by atoms with Gasteiger partial charge < -0.3 is 10.6 Å². The highest BCUT2D eigenvalue weighted by Crippen LogP contribution is 2.20. The molecule has 0 spiro atoms. The summed E-state index contributed by atoms with van der Waals surface area (Å²) in [6, 6.07) is 10.3. The van der Waals surface area contributed by atoms with Crippen LogP contribution in [0.25, 0.3) is 0 Å². The zero-order chi connectivity index (χ0) is 17.5. The Balaban J connectivity index is 2.04. The lowest BCUT2D eigenvalue weighted by molar-refractivity contribution is -0.123. The Morgan fingerprint density at radius 3 is 2.42 bits per heavy atom. The van der Waals surface area contributed by atoms with Crippen LogP contribution >= 0.6 is 11.6 Å². The number of benzene rings is 1. The van der Waals surface area contributed by atoms with Gasteiger partial charge in [-0.3, -0.25) is 14.6 Å². The molecule has 2 aromatic rings. The molecule has 2 atom stereocenters. The fraction of sp³-hybridized carbons (Fsp3) is 0.278. The normalized spacial score (nSPS) is 13.0. The minimum atomic E-state index is -0.402. The van der Waals surface area contributed by atoms with E-state index >= 15 is 0 Å². The summed E-state index contributed by atoms with van der Waals surface area (Å²) in [6.07, 6.45) is 3.55. The SMILES string of the molecule is CC(=O)N[C@H](CC(=O)N[C@@H](C)c1cccnc1)c1ccc(Cl)cc1.